The highest BCUT2D eigenvalue weighted by Gasteiger charge is 2.48. The SMILES string of the molecule is CC.CC.CC.CC1C[SiH](C)O[SiH](C)O[SiH](CCCCCC[SiH2]O[Si](O[SiH2]CCCCCC[SiH]2O[SiH](C)O[SiH](C)O[SiH](C)O2)(O[SiH2]CCCCCC[SiH]2O[SiH](C)O[SiH](C)O[SiH](C)O2)O[Si](C)(C)CCCCCC[SiH]2O[SiH](C)O[SiH](C)O[SiH](C)O2)O1. The zero-order valence-corrected chi connectivity index (χ0v) is 81.4. The molecule has 0 spiro atoms. The lowest BCUT2D eigenvalue weighted by atomic mass is 10.2. The number of hydrogen-bond acceptors (Lipinski definition) is 19. The van der Waals surface area contributed by atoms with Crippen LogP contribution >= 0.6 is 0 Å². The van der Waals surface area contributed by atoms with E-state index in [1.165, 1.54) is 57.8 Å². The molecule has 10 atom stereocenters. The molecule has 0 amide bonds. The van der Waals surface area contributed by atoms with Gasteiger partial charge in [-0.1, -0.05) is 144 Å². The number of rotatable bonds is 36. The molecule has 4 fully saturated rings. The molecule has 39 heteroatoms. The van der Waals surface area contributed by atoms with Crippen LogP contribution in [0.2, 0.25) is 140 Å². The van der Waals surface area contributed by atoms with Gasteiger partial charge in [-0.15, -0.1) is 0 Å². The number of hydrogen-bond donors (Lipinski definition) is 0. The molecule has 19 nitrogen and oxygen atoms in total. The lowest BCUT2D eigenvalue weighted by Gasteiger charge is -2.36. The van der Waals surface area contributed by atoms with E-state index in [-0.39, 0.29) is 6.10 Å². The van der Waals surface area contributed by atoms with Gasteiger partial charge in [-0.25, -0.2) is 0 Å². The first-order valence-corrected chi connectivity index (χ1v) is 74.1. The van der Waals surface area contributed by atoms with E-state index in [1.54, 1.807) is 0 Å². The van der Waals surface area contributed by atoms with Crippen LogP contribution < -0.4 is 0 Å². The van der Waals surface area contributed by atoms with Crippen molar-refractivity contribution in [1.29, 1.82) is 0 Å². The summed E-state index contributed by atoms with van der Waals surface area (Å²) in [5.74, 6) is 0. The summed E-state index contributed by atoms with van der Waals surface area (Å²) < 4.78 is 123. The van der Waals surface area contributed by atoms with Gasteiger partial charge in [0.1, 0.15) is 0 Å². The molecule has 0 aromatic rings. The van der Waals surface area contributed by atoms with Crippen molar-refractivity contribution in [3.8, 4) is 0 Å². The smallest absolute Gasteiger partial charge is 0.441 e. The Morgan fingerprint density at radius 2 is 0.600 bits per heavy atom. The molecule has 0 aromatic carbocycles. The highest BCUT2D eigenvalue weighted by molar-refractivity contribution is 6.82. The fraction of sp³-hybridized carbons (Fsp3) is 1.00. The van der Waals surface area contributed by atoms with Crippen LogP contribution in [0.3, 0.4) is 0 Å². The third-order valence-electron chi connectivity index (χ3n) is 14.1. The van der Waals surface area contributed by atoms with Gasteiger partial charge in [0.05, 0.1) is 0 Å². The minimum absolute atomic E-state index is 0.265. The van der Waals surface area contributed by atoms with E-state index in [4.69, 9.17) is 78.5 Å². The second-order valence-electron chi connectivity index (χ2n) is 22.8. The van der Waals surface area contributed by atoms with Crippen molar-refractivity contribution in [3.05, 3.63) is 0 Å². The molecule has 0 aliphatic carbocycles. The van der Waals surface area contributed by atoms with Crippen LogP contribution in [0.1, 0.15) is 151 Å². The molecule has 4 heterocycles. The fourth-order valence-corrected chi connectivity index (χ4v) is 74.1. The Kier molecular flexibility index (Phi) is 54.7. The van der Waals surface area contributed by atoms with Crippen molar-refractivity contribution in [2.75, 3.05) is 0 Å². The third kappa shape index (κ3) is 44.9. The molecular formula is C46H132O19Si20. The Labute approximate surface area is 556 Å². The van der Waals surface area contributed by atoms with E-state index in [2.05, 4.69) is 92.0 Å². The summed E-state index contributed by atoms with van der Waals surface area (Å²) in [5, 5.41) is 0. The topological polar surface area (TPSA) is 175 Å². The summed E-state index contributed by atoms with van der Waals surface area (Å²) in [6, 6.07) is 9.63. The quantitative estimate of drug-likeness (QED) is 0.0465. The lowest BCUT2D eigenvalue weighted by molar-refractivity contribution is 0.165. The van der Waals surface area contributed by atoms with Crippen LogP contribution in [0.25, 0.3) is 0 Å². The summed E-state index contributed by atoms with van der Waals surface area (Å²) in [4.78, 5) is 0. The second-order valence-corrected chi connectivity index (χ2v) is 70.2. The summed E-state index contributed by atoms with van der Waals surface area (Å²) in [6.45, 7) is 42.5. The maximum Gasteiger partial charge on any atom is 0.635 e. The molecular weight excluding hydrogens is 1420 g/mol. The maximum absolute atomic E-state index is 7.42. The predicted molar refractivity (Wildman–Crippen MR) is 402 cm³/mol. The highest BCUT2D eigenvalue weighted by atomic mass is 28.5. The van der Waals surface area contributed by atoms with Crippen LogP contribution in [0.15, 0.2) is 0 Å². The summed E-state index contributed by atoms with van der Waals surface area (Å²) in [5.41, 5.74) is 0. The monoisotopic (exact) mass is 1550 g/mol. The molecule has 0 aromatic heterocycles. The maximum atomic E-state index is 7.42. The highest BCUT2D eigenvalue weighted by Crippen LogP contribution is 2.27. The van der Waals surface area contributed by atoms with Crippen molar-refractivity contribution in [3.63, 3.8) is 0 Å². The van der Waals surface area contributed by atoms with Gasteiger partial charge in [0, 0.05) is 6.10 Å². The van der Waals surface area contributed by atoms with Gasteiger partial charge >= 0.3 is 46.2 Å². The van der Waals surface area contributed by atoms with E-state index in [9.17, 15) is 0 Å². The van der Waals surface area contributed by atoms with E-state index >= 15 is 0 Å². The summed E-state index contributed by atoms with van der Waals surface area (Å²) in [7, 11) is -33.0. The Balaban J connectivity index is 0.00000582. The van der Waals surface area contributed by atoms with Crippen molar-refractivity contribution < 1.29 is 78.5 Å². The molecule has 0 saturated carbocycles. The van der Waals surface area contributed by atoms with Gasteiger partial charge in [0.2, 0.25) is 0 Å². The van der Waals surface area contributed by atoms with Crippen LogP contribution in [-0.4, -0.2) is 192 Å². The summed E-state index contributed by atoms with van der Waals surface area (Å²) >= 11 is 0. The molecule has 4 aliphatic rings. The van der Waals surface area contributed by atoms with Gasteiger partial charge in [-0.3, -0.25) is 0 Å². The van der Waals surface area contributed by atoms with Crippen molar-refractivity contribution >= 4 is 186 Å². The molecule has 4 rings (SSSR count). The average Bonchev–Trinajstić information content (AvgIpc) is 3.48. The van der Waals surface area contributed by atoms with Crippen molar-refractivity contribution in [2.45, 2.75) is 297 Å². The second kappa shape index (κ2) is 53.7. The van der Waals surface area contributed by atoms with Crippen LogP contribution in [0, 0.1) is 0 Å². The van der Waals surface area contributed by atoms with Gasteiger partial charge in [-0.2, -0.15) is 0 Å². The Morgan fingerprint density at radius 3 is 0.929 bits per heavy atom. The van der Waals surface area contributed by atoms with E-state index in [1.807, 2.05) is 41.5 Å². The van der Waals surface area contributed by atoms with E-state index < -0.39 is 186 Å². The molecule has 0 radical (unpaired) electrons. The lowest BCUT2D eigenvalue weighted by Crippen LogP contribution is -2.57. The van der Waals surface area contributed by atoms with Gasteiger partial charge in [0.15, 0.2) is 46.6 Å². The Hall–Kier alpha value is 3.58. The van der Waals surface area contributed by atoms with Gasteiger partial charge in [0.25, 0.3) is 92.8 Å². The molecule has 510 valence electrons. The van der Waals surface area contributed by atoms with Crippen LogP contribution in [0.5, 0.6) is 0 Å². The van der Waals surface area contributed by atoms with Crippen molar-refractivity contribution in [2.24, 2.45) is 0 Å². The standard InChI is InChI=1S/C40H114O19Si20.3C2H6/c1-40-39-63(2)45-64(3)52-74(41-40)34-26-18-15-23-31-60-42-79(43-61-32-24-16-19-27-35-75-53-68(7)46-65(4)47-69(8)54-75,44-62-33-25-17-20-28-36-76-55-70(9)48-66(5)49-71(10)56-76)59-78(13,14)38-30-22-21-29-37-77-57-72(11)50-67(6)51-73(12)58-77;3*1-2/h40,63-77H,15-39,60-62H2,1-14H3;3*1-2H3. The van der Waals surface area contributed by atoms with Gasteiger partial charge < -0.3 is 78.5 Å². The molecule has 4 saturated heterocycles. The molecule has 4 aliphatic heterocycles. The fourth-order valence-electron chi connectivity index (χ4n) is 10.5. The summed E-state index contributed by atoms with van der Waals surface area (Å²) in [6.07, 6.45) is 18.9. The largest absolute Gasteiger partial charge is 0.635 e. The van der Waals surface area contributed by atoms with Crippen LogP contribution in [0.4, 0.5) is 0 Å². The first kappa shape index (κ1) is 86.6. The molecule has 0 N–H and O–H groups in total. The first-order valence-electron chi connectivity index (χ1n) is 34.2. The first-order chi connectivity index (χ1) is 40.7. The average molecular weight is 1550 g/mol. The van der Waals surface area contributed by atoms with Gasteiger partial charge in [-0.05, 0) is 146 Å². The zero-order chi connectivity index (χ0) is 63.5. The van der Waals surface area contributed by atoms with E-state index in [0.717, 1.165) is 99.3 Å². The Morgan fingerprint density at radius 1 is 0.341 bits per heavy atom. The molecule has 85 heavy (non-hydrogen) atoms. The van der Waals surface area contributed by atoms with Crippen molar-refractivity contribution in [1.82, 2.24) is 0 Å². The molecule has 0 bridgehead atoms. The Bertz CT molecular complexity index is 1380. The minimum Gasteiger partial charge on any atom is -0.441 e. The van der Waals surface area contributed by atoms with E-state index in [0.29, 0.717) is 0 Å². The minimum atomic E-state index is -3.34. The number of unbranched alkanes of at least 4 members (excludes halogenated alkanes) is 12. The molecule has 10 unspecified atom stereocenters. The zero-order valence-electron chi connectivity index (χ0n) is 57.8. The van der Waals surface area contributed by atoms with Crippen LogP contribution in [-0.2, 0) is 78.5 Å². The predicted octanol–water partition coefficient (Wildman–Crippen LogP) is 6.95. The normalized spacial score (nSPS) is 32.0. The third-order valence-corrected chi connectivity index (χ3v) is 74.6.